The van der Waals surface area contributed by atoms with Gasteiger partial charge in [-0.2, -0.15) is 5.10 Å². The lowest BCUT2D eigenvalue weighted by Crippen LogP contribution is -2.03. The van der Waals surface area contributed by atoms with E-state index in [9.17, 15) is 0 Å². The van der Waals surface area contributed by atoms with Gasteiger partial charge in [-0.05, 0) is 25.5 Å². The number of para-hydroxylation sites is 1. The van der Waals surface area contributed by atoms with E-state index in [1.54, 1.807) is 0 Å². The summed E-state index contributed by atoms with van der Waals surface area (Å²) in [6.45, 7) is 4.25. The first kappa shape index (κ1) is 16.9. The predicted molar refractivity (Wildman–Crippen MR) is 98.9 cm³/mol. The molecule has 2 rings (SSSR count). The first-order valence-electron chi connectivity index (χ1n) is 7.96. The highest BCUT2D eigenvalue weighted by Crippen LogP contribution is 2.28. The third-order valence-electron chi connectivity index (χ3n) is 3.56. The van der Waals surface area contributed by atoms with Crippen LogP contribution in [0, 0.1) is 6.92 Å². The van der Waals surface area contributed by atoms with E-state index in [4.69, 9.17) is 5.10 Å². The average molecular weight is 310 g/mol. The molecule has 1 N–H and O–H groups in total. The van der Waals surface area contributed by atoms with E-state index in [2.05, 4.69) is 54.5 Å². The maximum absolute atomic E-state index is 4.87. The molecule has 1 aromatic carbocycles. The number of nitrogens with one attached hydrogen (secondary N) is 1. The van der Waals surface area contributed by atoms with Crippen molar-refractivity contribution in [1.82, 2.24) is 14.7 Å². The molecule has 0 atom stereocenters. The lowest BCUT2D eigenvalue weighted by Gasteiger charge is -2.08. The van der Waals surface area contributed by atoms with Crippen molar-refractivity contribution in [3.8, 4) is 5.69 Å². The van der Waals surface area contributed by atoms with Crippen molar-refractivity contribution in [3.05, 3.63) is 59.9 Å². The van der Waals surface area contributed by atoms with E-state index in [0.29, 0.717) is 0 Å². The van der Waals surface area contributed by atoms with E-state index in [1.165, 1.54) is 0 Å². The van der Waals surface area contributed by atoms with Gasteiger partial charge in [-0.15, -0.1) is 0 Å². The lowest BCUT2D eigenvalue weighted by molar-refractivity contribution is 0.565. The summed E-state index contributed by atoms with van der Waals surface area (Å²) < 4.78 is 1.97. The van der Waals surface area contributed by atoms with Gasteiger partial charge in [0.05, 0.1) is 11.4 Å². The van der Waals surface area contributed by atoms with Crippen LogP contribution in [0.5, 0.6) is 0 Å². The standard InChI is InChI=1S/C19H26N4/c1-6-7-11-16(14-22(4)5)18-15(2)19(20-3)23(21-18)17-12-9-8-10-13-17/h7-14,20H,6H2,1-5H3/b11-7+,16-14+. The largest absolute Gasteiger partial charge is 0.383 e. The minimum absolute atomic E-state index is 0.997. The van der Waals surface area contributed by atoms with Gasteiger partial charge in [0.15, 0.2) is 0 Å². The quantitative estimate of drug-likeness (QED) is 0.816. The molecule has 0 unspecified atom stereocenters. The number of hydrogen-bond donors (Lipinski definition) is 1. The second-order valence-electron chi connectivity index (χ2n) is 5.68. The zero-order chi connectivity index (χ0) is 16.8. The van der Waals surface area contributed by atoms with Crippen LogP contribution in [0.2, 0.25) is 0 Å². The maximum atomic E-state index is 4.87. The summed E-state index contributed by atoms with van der Waals surface area (Å²) in [6, 6.07) is 10.2. The van der Waals surface area contributed by atoms with Gasteiger partial charge in [0.25, 0.3) is 0 Å². The summed E-state index contributed by atoms with van der Waals surface area (Å²) in [5, 5.41) is 8.15. The molecule has 0 bridgehead atoms. The summed E-state index contributed by atoms with van der Waals surface area (Å²) >= 11 is 0. The molecular formula is C19H26N4. The van der Waals surface area contributed by atoms with Gasteiger partial charge in [-0.1, -0.05) is 37.3 Å². The van der Waals surface area contributed by atoms with Gasteiger partial charge in [0.2, 0.25) is 0 Å². The molecule has 0 radical (unpaired) electrons. The van der Waals surface area contributed by atoms with Crippen molar-refractivity contribution in [2.45, 2.75) is 20.3 Å². The zero-order valence-corrected chi connectivity index (χ0v) is 14.7. The minimum atomic E-state index is 0.997. The van der Waals surface area contributed by atoms with Gasteiger partial charge >= 0.3 is 0 Å². The van der Waals surface area contributed by atoms with Crippen molar-refractivity contribution >= 4 is 11.4 Å². The highest BCUT2D eigenvalue weighted by molar-refractivity contribution is 5.76. The molecule has 0 saturated heterocycles. The van der Waals surface area contributed by atoms with E-state index in [0.717, 1.165) is 34.8 Å². The molecule has 23 heavy (non-hydrogen) atoms. The number of allylic oxidation sites excluding steroid dienone is 3. The predicted octanol–water partition coefficient (Wildman–Crippen LogP) is 4.09. The van der Waals surface area contributed by atoms with Crippen LogP contribution in [0.15, 0.2) is 48.7 Å². The molecule has 4 nitrogen and oxygen atoms in total. The van der Waals surface area contributed by atoms with E-state index in [1.807, 2.05) is 44.0 Å². The van der Waals surface area contributed by atoms with Crippen LogP contribution in [0.1, 0.15) is 24.6 Å². The molecule has 0 aliphatic rings. The number of rotatable bonds is 6. The molecule has 0 amide bonds. The lowest BCUT2D eigenvalue weighted by atomic mass is 10.1. The van der Waals surface area contributed by atoms with Crippen LogP contribution in [0.4, 0.5) is 5.82 Å². The monoisotopic (exact) mass is 310 g/mol. The van der Waals surface area contributed by atoms with Gasteiger partial charge in [-0.3, -0.25) is 0 Å². The van der Waals surface area contributed by atoms with Crippen molar-refractivity contribution in [2.24, 2.45) is 0 Å². The second kappa shape index (κ2) is 7.68. The maximum Gasteiger partial charge on any atom is 0.133 e. The number of hydrogen-bond acceptors (Lipinski definition) is 3. The fourth-order valence-corrected chi connectivity index (χ4v) is 2.53. The highest BCUT2D eigenvalue weighted by atomic mass is 15.3. The molecule has 0 fully saturated rings. The van der Waals surface area contributed by atoms with Crippen molar-refractivity contribution in [2.75, 3.05) is 26.5 Å². The van der Waals surface area contributed by atoms with Crippen LogP contribution >= 0.6 is 0 Å². The van der Waals surface area contributed by atoms with E-state index < -0.39 is 0 Å². The Kier molecular flexibility index (Phi) is 5.63. The van der Waals surface area contributed by atoms with Crippen LogP contribution in [-0.2, 0) is 0 Å². The summed E-state index contributed by atoms with van der Waals surface area (Å²) in [4.78, 5) is 2.05. The fraction of sp³-hybridized carbons (Fsp3) is 0.316. The smallest absolute Gasteiger partial charge is 0.133 e. The topological polar surface area (TPSA) is 33.1 Å². The average Bonchev–Trinajstić information content (AvgIpc) is 2.88. The molecule has 0 spiro atoms. The molecule has 2 aromatic rings. The molecule has 1 heterocycles. The van der Waals surface area contributed by atoms with Crippen molar-refractivity contribution < 1.29 is 0 Å². The van der Waals surface area contributed by atoms with Gasteiger partial charge in [0.1, 0.15) is 5.82 Å². The Morgan fingerprint density at radius 3 is 2.52 bits per heavy atom. The Bertz CT molecular complexity index is 694. The Morgan fingerprint density at radius 1 is 1.26 bits per heavy atom. The number of aromatic nitrogens is 2. The molecule has 0 aliphatic carbocycles. The summed E-state index contributed by atoms with van der Waals surface area (Å²) in [5.74, 6) is 1.01. The van der Waals surface area contributed by atoms with Gasteiger partial charge in [0, 0.05) is 38.5 Å². The molecular weight excluding hydrogens is 284 g/mol. The zero-order valence-electron chi connectivity index (χ0n) is 14.7. The number of nitrogens with zero attached hydrogens (tertiary/aromatic N) is 3. The number of anilines is 1. The fourth-order valence-electron chi connectivity index (χ4n) is 2.53. The summed E-state index contributed by atoms with van der Waals surface area (Å²) in [5.41, 5.74) is 4.30. The second-order valence-corrected chi connectivity index (χ2v) is 5.68. The Labute approximate surface area is 139 Å². The molecule has 122 valence electrons. The van der Waals surface area contributed by atoms with Crippen LogP contribution in [0.25, 0.3) is 11.3 Å². The minimum Gasteiger partial charge on any atom is -0.383 e. The Hall–Kier alpha value is -2.49. The normalized spacial score (nSPS) is 12.0. The summed E-state index contributed by atoms with van der Waals surface area (Å²) in [6.07, 6.45) is 7.41. The van der Waals surface area contributed by atoms with Gasteiger partial charge < -0.3 is 10.2 Å². The molecule has 0 saturated carbocycles. The van der Waals surface area contributed by atoms with Crippen molar-refractivity contribution in [3.63, 3.8) is 0 Å². The van der Waals surface area contributed by atoms with Crippen LogP contribution in [0.3, 0.4) is 0 Å². The molecule has 4 heteroatoms. The Balaban J connectivity index is 2.59. The summed E-state index contributed by atoms with van der Waals surface area (Å²) in [7, 11) is 6.00. The van der Waals surface area contributed by atoms with E-state index >= 15 is 0 Å². The van der Waals surface area contributed by atoms with E-state index in [-0.39, 0.29) is 0 Å². The first-order valence-corrected chi connectivity index (χ1v) is 7.96. The third kappa shape index (κ3) is 3.83. The van der Waals surface area contributed by atoms with Crippen molar-refractivity contribution in [1.29, 1.82) is 0 Å². The Morgan fingerprint density at radius 2 is 1.96 bits per heavy atom. The number of benzene rings is 1. The highest BCUT2D eigenvalue weighted by Gasteiger charge is 2.16. The SMILES string of the molecule is CC/C=C/C(=C\N(C)C)c1nn(-c2ccccc2)c(NC)c1C. The third-order valence-corrected chi connectivity index (χ3v) is 3.56. The van der Waals surface area contributed by atoms with Gasteiger partial charge in [-0.25, -0.2) is 4.68 Å². The molecule has 1 aromatic heterocycles. The first-order chi connectivity index (χ1) is 11.1. The van der Waals surface area contributed by atoms with Crippen LogP contribution < -0.4 is 5.32 Å². The van der Waals surface area contributed by atoms with Crippen LogP contribution in [-0.4, -0.2) is 35.8 Å². The molecule has 0 aliphatic heterocycles.